The van der Waals surface area contributed by atoms with Crippen molar-refractivity contribution >= 4 is 0 Å². The zero-order chi connectivity index (χ0) is 9.47. The van der Waals surface area contributed by atoms with Crippen LogP contribution in [0.3, 0.4) is 0 Å². The van der Waals surface area contributed by atoms with Crippen LogP contribution in [0.4, 0.5) is 0 Å². The number of fused-ring (bicyclic) bond motifs is 1. The van der Waals surface area contributed by atoms with Gasteiger partial charge >= 0.3 is 0 Å². The van der Waals surface area contributed by atoms with E-state index in [2.05, 4.69) is 18.8 Å². The van der Waals surface area contributed by atoms with Crippen LogP contribution in [-0.2, 0) is 12.0 Å². The van der Waals surface area contributed by atoms with E-state index >= 15 is 0 Å². The molecular formula is C11H15NO. The molecule has 0 saturated carbocycles. The lowest BCUT2D eigenvalue weighted by molar-refractivity contribution is -0.00777. The molecule has 1 aliphatic carbocycles. The lowest BCUT2D eigenvalue weighted by Crippen LogP contribution is -2.39. The molecule has 70 valence electrons. The van der Waals surface area contributed by atoms with Crippen LogP contribution in [0.15, 0.2) is 18.5 Å². The first kappa shape index (κ1) is 8.70. The number of hydrogen-bond donors (Lipinski definition) is 1. The highest BCUT2D eigenvalue weighted by Gasteiger charge is 2.40. The Kier molecular flexibility index (Phi) is 1.88. The molecule has 2 nitrogen and oxygen atoms in total. The van der Waals surface area contributed by atoms with Gasteiger partial charge in [-0.1, -0.05) is 13.8 Å². The van der Waals surface area contributed by atoms with Gasteiger partial charge in [0.15, 0.2) is 0 Å². The normalized spacial score (nSPS) is 25.5. The fraction of sp³-hybridized carbons (Fsp3) is 0.545. The van der Waals surface area contributed by atoms with Crippen molar-refractivity contribution in [3.63, 3.8) is 0 Å². The van der Waals surface area contributed by atoms with E-state index in [-0.39, 0.29) is 0 Å². The highest BCUT2D eigenvalue weighted by atomic mass is 16.3. The van der Waals surface area contributed by atoms with Crippen molar-refractivity contribution < 1.29 is 5.11 Å². The summed E-state index contributed by atoms with van der Waals surface area (Å²) in [6, 6.07) is 1.93. The molecule has 1 heterocycles. The van der Waals surface area contributed by atoms with E-state index < -0.39 is 5.60 Å². The predicted molar refractivity (Wildman–Crippen MR) is 51.3 cm³/mol. The van der Waals surface area contributed by atoms with Crippen molar-refractivity contribution in [2.75, 3.05) is 0 Å². The van der Waals surface area contributed by atoms with Crippen molar-refractivity contribution in [3.8, 4) is 0 Å². The minimum atomic E-state index is -0.563. The molecule has 13 heavy (non-hydrogen) atoms. The van der Waals surface area contributed by atoms with Gasteiger partial charge in [-0.25, -0.2) is 0 Å². The maximum Gasteiger partial charge on any atom is 0.0943 e. The molecule has 2 rings (SSSR count). The van der Waals surface area contributed by atoms with Crippen LogP contribution in [-0.4, -0.2) is 10.1 Å². The Morgan fingerprint density at radius 1 is 1.62 bits per heavy atom. The minimum absolute atomic E-state index is 0.534. The van der Waals surface area contributed by atoms with Crippen LogP contribution in [0.25, 0.3) is 0 Å². The molecule has 0 aromatic carbocycles. The van der Waals surface area contributed by atoms with Gasteiger partial charge in [-0.15, -0.1) is 0 Å². The zero-order valence-corrected chi connectivity index (χ0v) is 8.12. The summed E-state index contributed by atoms with van der Waals surface area (Å²) in [5.74, 6) is 0.534. The Hall–Kier alpha value is -0.890. The first-order valence-corrected chi connectivity index (χ1v) is 4.77. The lowest BCUT2D eigenvalue weighted by Gasteiger charge is -2.40. The molecule has 0 spiro atoms. The summed E-state index contributed by atoms with van der Waals surface area (Å²) in [5.41, 5.74) is 1.72. The fourth-order valence-corrected chi connectivity index (χ4v) is 2.18. The molecule has 1 aromatic heterocycles. The van der Waals surface area contributed by atoms with E-state index in [0.717, 1.165) is 18.4 Å². The molecule has 0 aliphatic heterocycles. The first-order valence-electron chi connectivity index (χ1n) is 4.77. The molecule has 2 heteroatoms. The summed E-state index contributed by atoms with van der Waals surface area (Å²) in [6.07, 6.45) is 5.23. The number of hydrogen-bond acceptors (Lipinski definition) is 2. The van der Waals surface area contributed by atoms with Gasteiger partial charge in [0, 0.05) is 18.8 Å². The second-order valence-corrected chi connectivity index (χ2v) is 4.34. The standard InChI is InChI=1S/C11H15NO/c1-8(2)5-11(13)6-9-7-12-4-3-10(9)11/h3-4,7-8,13H,5-6H2,1-2H3. The number of aromatic nitrogens is 1. The largest absolute Gasteiger partial charge is 0.385 e. The third-order valence-corrected chi connectivity index (χ3v) is 2.63. The Balaban J connectivity index is 2.24. The zero-order valence-electron chi connectivity index (χ0n) is 8.12. The first-order chi connectivity index (χ1) is 6.12. The highest BCUT2D eigenvalue weighted by molar-refractivity contribution is 5.40. The Morgan fingerprint density at radius 3 is 3.00 bits per heavy atom. The summed E-state index contributed by atoms with van der Waals surface area (Å²) in [5, 5.41) is 10.2. The van der Waals surface area contributed by atoms with E-state index in [4.69, 9.17) is 0 Å². The Morgan fingerprint density at radius 2 is 2.38 bits per heavy atom. The maximum atomic E-state index is 10.2. The molecule has 0 saturated heterocycles. The predicted octanol–water partition coefficient (Wildman–Crippen LogP) is 1.87. The van der Waals surface area contributed by atoms with Crippen LogP contribution in [0.5, 0.6) is 0 Å². The van der Waals surface area contributed by atoms with Gasteiger partial charge in [0.2, 0.25) is 0 Å². The van der Waals surface area contributed by atoms with Crippen LogP contribution in [0.1, 0.15) is 31.4 Å². The van der Waals surface area contributed by atoms with Crippen LogP contribution in [0, 0.1) is 5.92 Å². The molecule has 1 aromatic rings. The molecule has 1 unspecified atom stereocenters. The molecular weight excluding hydrogens is 162 g/mol. The van der Waals surface area contributed by atoms with E-state index in [1.54, 1.807) is 6.20 Å². The van der Waals surface area contributed by atoms with Gasteiger partial charge in [-0.05, 0) is 29.5 Å². The lowest BCUT2D eigenvalue weighted by atomic mass is 9.70. The van der Waals surface area contributed by atoms with Gasteiger partial charge in [-0.2, -0.15) is 0 Å². The topological polar surface area (TPSA) is 33.1 Å². The number of rotatable bonds is 2. The van der Waals surface area contributed by atoms with Crippen molar-refractivity contribution in [1.29, 1.82) is 0 Å². The second-order valence-electron chi connectivity index (χ2n) is 4.34. The molecule has 0 fully saturated rings. The second kappa shape index (κ2) is 2.81. The van der Waals surface area contributed by atoms with Crippen LogP contribution >= 0.6 is 0 Å². The van der Waals surface area contributed by atoms with Crippen LogP contribution < -0.4 is 0 Å². The van der Waals surface area contributed by atoms with E-state index in [9.17, 15) is 5.11 Å². The molecule has 0 radical (unpaired) electrons. The van der Waals surface area contributed by atoms with Crippen LogP contribution in [0.2, 0.25) is 0 Å². The third kappa shape index (κ3) is 1.35. The van der Waals surface area contributed by atoms with Crippen molar-refractivity contribution in [2.24, 2.45) is 5.92 Å². The maximum absolute atomic E-state index is 10.2. The van der Waals surface area contributed by atoms with Gasteiger partial charge in [0.05, 0.1) is 5.60 Å². The minimum Gasteiger partial charge on any atom is -0.385 e. The Labute approximate surface area is 78.6 Å². The number of nitrogens with zero attached hydrogens (tertiary/aromatic N) is 1. The van der Waals surface area contributed by atoms with Gasteiger partial charge in [-0.3, -0.25) is 4.98 Å². The van der Waals surface area contributed by atoms with Crippen molar-refractivity contribution in [3.05, 3.63) is 29.6 Å². The monoisotopic (exact) mass is 177 g/mol. The SMILES string of the molecule is CC(C)CC1(O)Cc2cnccc21. The van der Waals surface area contributed by atoms with E-state index in [1.807, 2.05) is 12.3 Å². The molecule has 0 amide bonds. The summed E-state index contributed by atoms with van der Waals surface area (Å²) >= 11 is 0. The third-order valence-electron chi connectivity index (χ3n) is 2.63. The van der Waals surface area contributed by atoms with E-state index in [0.29, 0.717) is 5.92 Å². The van der Waals surface area contributed by atoms with Gasteiger partial charge in [0.25, 0.3) is 0 Å². The summed E-state index contributed by atoms with van der Waals surface area (Å²) < 4.78 is 0. The summed E-state index contributed by atoms with van der Waals surface area (Å²) in [6.45, 7) is 4.27. The molecule has 1 aliphatic rings. The number of aliphatic hydroxyl groups is 1. The average Bonchev–Trinajstić information content (AvgIpc) is 2.02. The van der Waals surface area contributed by atoms with Crippen molar-refractivity contribution in [1.82, 2.24) is 4.98 Å². The van der Waals surface area contributed by atoms with Gasteiger partial charge in [0.1, 0.15) is 0 Å². The molecule has 1 N–H and O–H groups in total. The molecule has 1 atom stereocenters. The number of pyridine rings is 1. The Bertz CT molecular complexity index is 322. The fourth-order valence-electron chi connectivity index (χ4n) is 2.18. The average molecular weight is 177 g/mol. The van der Waals surface area contributed by atoms with Gasteiger partial charge < -0.3 is 5.11 Å². The quantitative estimate of drug-likeness (QED) is 0.748. The summed E-state index contributed by atoms with van der Waals surface area (Å²) in [4.78, 5) is 4.03. The highest BCUT2D eigenvalue weighted by Crippen LogP contribution is 2.42. The van der Waals surface area contributed by atoms with Crippen molar-refractivity contribution in [2.45, 2.75) is 32.3 Å². The molecule has 0 bridgehead atoms. The smallest absolute Gasteiger partial charge is 0.0943 e. The summed E-state index contributed by atoms with van der Waals surface area (Å²) in [7, 11) is 0. The van der Waals surface area contributed by atoms with E-state index in [1.165, 1.54) is 5.56 Å².